The number of rotatable bonds is 4. The van der Waals surface area contributed by atoms with Crippen molar-refractivity contribution < 1.29 is 13.2 Å². The highest BCUT2D eigenvalue weighted by Gasteiger charge is 2.23. The number of fused-ring (bicyclic) bond motifs is 1. The van der Waals surface area contributed by atoms with Crippen molar-refractivity contribution in [2.75, 3.05) is 11.1 Å². The fourth-order valence-electron chi connectivity index (χ4n) is 2.63. The van der Waals surface area contributed by atoms with Gasteiger partial charge in [0.15, 0.2) is 0 Å². The maximum absolute atomic E-state index is 12.5. The number of amides is 1. The predicted molar refractivity (Wildman–Crippen MR) is 97.4 cm³/mol. The Balaban J connectivity index is 1.81. The summed E-state index contributed by atoms with van der Waals surface area (Å²) >= 11 is 0. The highest BCUT2D eigenvalue weighted by molar-refractivity contribution is 7.92. The highest BCUT2D eigenvalue weighted by Crippen LogP contribution is 2.18. The van der Waals surface area contributed by atoms with Gasteiger partial charge in [-0.05, 0) is 50.1 Å². The third kappa shape index (κ3) is 3.71. The van der Waals surface area contributed by atoms with E-state index in [0.717, 1.165) is 16.7 Å². The molecule has 0 aliphatic rings. The van der Waals surface area contributed by atoms with Gasteiger partial charge in [0.1, 0.15) is 5.75 Å². The lowest BCUT2D eigenvalue weighted by atomic mass is 10.1. The standard InChI is InChI=1S/C18H19N3O3S/c1-11-4-6-14(13(3)8-11)19-17(22)10-25(23,24)18-20-15-7-5-12(2)9-16(15)21-18/h4-9H,10H2,1-3H3,(H,19,22)(H,20,21). The Labute approximate surface area is 146 Å². The zero-order valence-corrected chi connectivity index (χ0v) is 15.1. The van der Waals surface area contributed by atoms with Crippen LogP contribution in [0.1, 0.15) is 16.7 Å². The van der Waals surface area contributed by atoms with E-state index in [2.05, 4.69) is 15.3 Å². The summed E-state index contributed by atoms with van der Waals surface area (Å²) in [6.07, 6.45) is 0. The monoisotopic (exact) mass is 357 g/mol. The molecule has 1 amide bonds. The number of sulfone groups is 1. The van der Waals surface area contributed by atoms with E-state index in [4.69, 9.17) is 0 Å². The van der Waals surface area contributed by atoms with Crippen molar-refractivity contribution in [3.05, 3.63) is 53.1 Å². The molecule has 0 aliphatic heterocycles. The van der Waals surface area contributed by atoms with E-state index in [1.54, 1.807) is 12.1 Å². The summed E-state index contributed by atoms with van der Waals surface area (Å²) in [5.74, 6) is -1.26. The van der Waals surface area contributed by atoms with Crippen molar-refractivity contribution in [2.45, 2.75) is 25.9 Å². The zero-order chi connectivity index (χ0) is 18.2. The van der Waals surface area contributed by atoms with Gasteiger partial charge in [0.2, 0.25) is 20.9 Å². The average Bonchev–Trinajstić information content (AvgIpc) is 2.93. The molecular weight excluding hydrogens is 338 g/mol. The van der Waals surface area contributed by atoms with Crippen LogP contribution in [0.25, 0.3) is 11.0 Å². The molecule has 6 nitrogen and oxygen atoms in total. The van der Waals surface area contributed by atoms with Crippen LogP contribution in [-0.2, 0) is 14.6 Å². The lowest BCUT2D eigenvalue weighted by Crippen LogP contribution is -2.24. The summed E-state index contributed by atoms with van der Waals surface area (Å²) in [6, 6.07) is 11.0. The summed E-state index contributed by atoms with van der Waals surface area (Å²) in [6.45, 7) is 5.72. The molecule has 3 aromatic rings. The number of H-pyrrole nitrogens is 1. The minimum Gasteiger partial charge on any atom is -0.329 e. The van der Waals surface area contributed by atoms with Crippen LogP contribution in [0.4, 0.5) is 5.69 Å². The topological polar surface area (TPSA) is 91.9 Å². The molecule has 0 bridgehead atoms. The zero-order valence-electron chi connectivity index (χ0n) is 14.3. The molecule has 130 valence electrons. The largest absolute Gasteiger partial charge is 0.329 e. The fraction of sp³-hybridized carbons (Fsp3) is 0.222. The number of hydrogen-bond acceptors (Lipinski definition) is 4. The van der Waals surface area contributed by atoms with Crippen LogP contribution in [-0.4, -0.2) is 30.0 Å². The molecule has 0 unspecified atom stereocenters. The molecular formula is C18H19N3O3S. The summed E-state index contributed by atoms with van der Waals surface area (Å²) in [5.41, 5.74) is 4.73. The fourth-order valence-corrected chi connectivity index (χ4v) is 3.69. The number of imidazole rings is 1. The molecule has 2 aromatic carbocycles. The Kier molecular flexibility index (Phi) is 4.34. The number of aromatic nitrogens is 2. The van der Waals surface area contributed by atoms with Gasteiger partial charge in [-0.15, -0.1) is 0 Å². The number of aryl methyl sites for hydroxylation is 3. The molecule has 1 heterocycles. The molecule has 2 N–H and O–H groups in total. The normalized spacial score (nSPS) is 11.6. The van der Waals surface area contributed by atoms with Crippen LogP contribution in [0.2, 0.25) is 0 Å². The Morgan fingerprint density at radius 3 is 2.48 bits per heavy atom. The molecule has 7 heteroatoms. The summed E-state index contributed by atoms with van der Waals surface area (Å²) in [7, 11) is -3.85. The van der Waals surface area contributed by atoms with E-state index in [1.165, 1.54) is 0 Å². The maximum Gasteiger partial charge on any atom is 0.240 e. The lowest BCUT2D eigenvalue weighted by Gasteiger charge is -2.09. The number of benzene rings is 2. The van der Waals surface area contributed by atoms with Gasteiger partial charge in [-0.1, -0.05) is 23.8 Å². The van der Waals surface area contributed by atoms with Crippen molar-refractivity contribution in [1.82, 2.24) is 9.97 Å². The third-order valence-corrected chi connectivity index (χ3v) is 5.31. The molecule has 0 saturated carbocycles. The summed E-state index contributed by atoms with van der Waals surface area (Å²) < 4.78 is 24.9. The number of aromatic amines is 1. The number of carbonyl (C=O) groups excluding carboxylic acids is 1. The Hall–Kier alpha value is -2.67. The van der Waals surface area contributed by atoms with Crippen molar-refractivity contribution in [3.63, 3.8) is 0 Å². The first kappa shape index (κ1) is 17.2. The number of nitrogens with zero attached hydrogens (tertiary/aromatic N) is 1. The predicted octanol–water partition coefficient (Wildman–Crippen LogP) is 2.90. The van der Waals surface area contributed by atoms with Crippen LogP contribution in [0.3, 0.4) is 0 Å². The summed E-state index contributed by atoms with van der Waals surface area (Å²) in [5, 5.41) is 2.46. The molecule has 0 spiro atoms. The molecule has 0 atom stereocenters. The van der Waals surface area contributed by atoms with Crippen LogP contribution in [0.15, 0.2) is 41.6 Å². The Bertz CT molecular complexity index is 1070. The van der Waals surface area contributed by atoms with Gasteiger partial charge in [-0.3, -0.25) is 4.79 Å². The first-order valence-electron chi connectivity index (χ1n) is 7.81. The number of nitrogens with one attached hydrogen (secondary N) is 2. The minimum atomic E-state index is -3.85. The van der Waals surface area contributed by atoms with E-state index in [0.29, 0.717) is 16.7 Å². The van der Waals surface area contributed by atoms with Crippen LogP contribution < -0.4 is 5.32 Å². The molecule has 0 fully saturated rings. The SMILES string of the molecule is Cc1ccc(NC(=O)CS(=O)(=O)c2nc3ccc(C)cc3[nH]2)c(C)c1. The lowest BCUT2D eigenvalue weighted by molar-refractivity contribution is -0.113. The van der Waals surface area contributed by atoms with Gasteiger partial charge in [-0.25, -0.2) is 13.4 Å². The molecule has 0 radical (unpaired) electrons. The van der Waals surface area contributed by atoms with Crippen LogP contribution >= 0.6 is 0 Å². The van der Waals surface area contributed by atoms with Gasteiger partial charge in [0.25, 0.3) is 0 Å². The van der Waals surface area contributed by atoms with E-state index in [-0.39, 0.29) is 5.16 Å². The van der Waals surface area contributed by atoms with Crippen molar-refractivity contribution in [2.24, 2.45) is 0 Å². The third-order valence-electron chi connectivity index (χ3n) is 3.89. The summed E-state index contributed by atoms with van der Waals surface area (Å²) in [4.78, 5) is 19.1. The van der Waals surface area contributed by atoms with Crippen LogP contribution in [0.5, 0.6) is 0 Å². The quantitative estimate of drug-likeness (QED) is 0.751. The molecule has 3 rings (SSSR count). The minimum absolute atomic E-state index is 0.191. The van der Waals surface area contributed by atoms with Gasteiger partial charge >= 0.3 is 0 Å². The second-order valence-electron chi connectivity index (χ2n) is 6.19. The van der Waals surface area contributed by atoms with E-state index in [9.17, 15) is 13.2 Å². The van der Waals surface area contributed by atoms with E-state index >= 15 is 0 Å². The average molecular weight is 357 g/mol. The van der Waals surface area contributed by atoms with Gasteiger partial charge < -0.3 is 10.3 Å². The van der Waals surface area contributed by atoms with E-state index in [1.807, 2.05) is 45.0 Å². The molecule has 25 heavy (non-hydrogen) atoms. The van der Waals surface area contributed by atoms with Crippen molar-refractivity contribution in [1.29, 1.82) is 0 Å². The Morgan fingerprint density at radius 1 is 1.08 bits per heavy atom. The van der Waals surface area contributed by atoms with Crippen LogP contribution in [0, 0.1) is 20.8 Å². The number of hydrogen-bond donors (Lipinski definition) is 2. The Morgan fingerprint density at radius 2 is 1.76 bits per heavy atom. The molecule has 0 saturated heterocycles. The van der Waals surface area contributed by atoms with Gasteiger partial charge in [0, 0.05) is 5.69 Å². The van der Waals surface area contributed by atoms with Crippen molar-refractivity contribution >= 4 is 32.5 Å². The van der Waals surface area contributed by atoms with Gasteiger partial charge in [0.05, 0.1) is 11.0 Å². The van der Waals surface area contributed by atoms with Gasteiger partial charge in [-0.2, -0.15) is 0 Å². The second-order valence-corrected chi connectivity index (χ2v) is 8.09. The van der Waals surface area contributed by atoms with E-state index < -0.39 is 21.5 Å². The smallest absolute Gasteiger partial charge is 0.240 e. The highest BCUT2D eigenvalue weighted by atomic mass is 32.2. The number of anilines is 1. The first-order chi connectivity index (χ1) is 11.7. The maximum atomic E-state index is 12.5. The molecule has 0 aliphatic carbocycles. The second kappa shape index (κ2) is 6.33. The van der Waals surface area contributed by atoms with Crippen molar-refractivity contribution in [3.8, 4) is 0 Å². The number of carbonyl (C=O) groups is 1. The molecule has 1 aromatic heterocycles. The first-order valence-corrected chi connectivity index (χ1v) is 9.46.